The van der Waals surface area contributed by atoms with Gasteiger partial charge in [0, 0.05) is 44.3 Å². The predicted molar refractivity (Wildman–Crippen MR) is 259 cm³/mol. The molecule has 0 amide bonds. The predicted octanol–water partition coefficient (Wildman–Crippen LogP) is 17.0. The molecule has 0 aliphatic heterocycles. The van der Waals surface area contributed by atoms with Crippen LogP contribution >= 0.6 is 0 Å². The van der Waals surface area contributed by atoms with Crippen LogP contribution in [0.2, 0.25) is 0 Å². The Morgan fingerprint density at radius 3 is 1.13 bits per heavy atom. The number of fused-ring (bicyclic) bond motifs is 12. The molecule has 4 heteroatoms. The Bertz CT molecular complexity index is 3550. The maximum atomic E-state index is 6.60. The summed E-state index contributed by atoms with van der Waals surface area (Å²) in [7, 11) is 0. The first kappa shape index (κ1) is 34.8. The second kappa shape index (κ2) is 13.2. The standard InChI is InChI=1S/C58H38N2O2/c1-35-13-3-7-19-51(35)59(53-21-11-17-45-43-15-5-9-23-55(43)61-57(45)53)41-27-25-37-31-47-49(33-39(37)29-41)48-32-38-26-28-42(30-40(38)34-50(47)48)60(52-20-8-4-14-36(52)2)54-22-12-18-46-44-16-6-10-24-56(44)62-58(46)54/h3-34H,1-2H3. The van der Waals surface area contributed by atoms with Gasteiger partial charge in [-0.1, -0.05) is 109 Å². The molecule has 12 aromatic rings. The largest absolute Gasteiger partial charge is 0.454 e. The van der Waals surface area contributed by atoms with Gasteiger partial charge in [-0.2, -0.15) is 0 Å². The van der Waals surface area contributed by atoms with Crippen LogP contribution in [0.1, 0.15) is 11.1 Å². The van der Waals surface area contributed by atoms with Gasteiger partial charge in [-0.3, -0.25) is 0 Å². The summed E-state index contributed by atoms with van der Waals surface area (Å²) in [4.78, 5) is 4.71. The fraction of sp³-hybridized carbons (Fsp3) is 0.0345. The van der Waals surface area contributed by atoms with Gasteiger partial charge in [0.2, 0.25) is 0 Å². The molecule has 0 saturated heterocycles. The Balaban J connectivity index is 0.922. The van der Waals surface area contributed by atoms with E-state index in [4.69, 9.17) is 8.83 Å². The van der Waals surface area contributed by atoms with Crippen molar-refractivity contribution in [1.82, 2.24) is 0 Å². The van der Waals surface area contributed by atoms with Crippen molar-refractivity contribution in [3.63, 3.8) is 0 Å². The van der Waals surface area contributed by atoms with E-state index in [-0.39, 0.29) is 0 Å². The van der Waals surface area contributed by atoms with Crippen LogP contribution in [0.5, 0.6) is 0 Å². The van der Waals surface area contributed by atoms with Crippen LogP contribution in [0.15, 0.2) is 203 Å². The van der Waals surface area contributed by atoms with Gasteiger partial charge in [-0.25, -0.2) is 0 Å². The molecule has 292 valence electrons. The van der Waals surface area contributed by atoms with Gasteiger partial charge in [-0.05, 0) is 154 Å². The fourth-order valence-electron chi connectivity index (χ4n) is 9.94. The smallest absolute Gasteiger partial charge is 0.159 e. The molecule has 62 heavy (non-hydrogen) atoms. The lowest BCUT2D eigenvalue weighted by Gasteiger charge is -2.29. The first-order chi connectivity index (χ1) is 30.6. The number of furan rings is 2. The van der Waals surface area contributed by atoms with E-state index >= 15 is 0 Å². The highest BCUT2D eigenvalue weighted by atomic mass is 16.3. The lowest BCUT2D eigenvalue weighted by atomic mass is 9.78. The van der Waals surface area contributed by atoms with E-state index in [1.165, 1.54) is 54.9 Å². The summed E-state index contributed by atoms with van der Waals surface area (Å²) in [5, 5.41) is 9.29. The molecule has 2 aromatic heterocycles. The summed E-state index contributed by atoms with van der Waals surface area (Å²) in [6, 6.07) is 69.9. The monoisotopic (exact) mass is 794 g/mol. The zero-order chi connectivity index (χ0) is 41.1. The molecular weight excluding hydrogens is 757 g/mol. The molecule has 1 aliphatic rings. The number of benzene rings is 10. The van der Waals surface area contributed by atoms with E-state index in [1.807, 2.05) is 12.1 Å². The third-order valence-electron chi connectivity index (χ3n) is 13.0. The topological polar surface area (TPSA) is 32.8 Å². The van der Waals surface area contributed by atoms with E-state index in [2.05, 4.69) is 206 Å². The Hall–Kier alpha value is -8.08. The van der Waals surface area contributed by atoms with Crippen LogP contribution in [0.3, 0.4) is 0 Å². The van der Waals surface area contributed by atoms with Crippen molar-refractivity contribution < 1.29 is 8.83 Å². The first-order valence-corrected chi connectivity index (χ1v) is 21.2. The Morgan fingerprint density at radius 2 is 0.677 bits per heavy atom. The summed E-state index contributed by atoms with van der Waals surface area (Å²) in [6.45, 7) is 4.35. The third-order valence-corrected chi connectivity index (χ3v) is 13.0. The highest BCUT2D eigenvalue weighted by Gasteiger charge is 2.27. The molecule has 0 fully saturated rings. The Morgan fingerprint density at radius 1 is 0.306 bits per heavy atom. The van der Waals surface area contributed by atoms with Gasteiger partial charge in [0.15, 0.2) is 11.2 Å². The zero-order valence-electron chi connectivity index (χ0n) is 34.2. The normalized spacial score (nSPS) is 12.0. The molecule has 0 radical (unpaired) electrons. The first-order valence-electron chi connectivity index (χ1n) is 21.2. The number of anilines is 6. The van der Waals surface area contributed by atoms with E-state index in [1.54, 1.807) is 0 Å². The highest BCUT2D eigenvalue weighted by Crippen LogP contribution is 2.52. The average Bonchev–Trinajstić information content (AvgIpc) is 3.89. The average molecular weight is 795 g/mol. The van der Waals surface area contributed by atoms with Crippen LogP contribution in [0, 0.1) is 13.8 Å². The molecule has 0 unspecified atom stereocenters. The van der Waals surface area contributed by atoms with Gasteiger partial charge in [-0.15, -0.1) is 0 Å². The number of para-hydroxylation sites is 6. The second-order valence-corrected chi connectivity index (χ2v) is 16.6. The summed E-state index contributed by atoms with van der Waals surface area (Å²) in [5.41, 5.74) is 17.5. The van der Waals surface area contributed by atoms with Gasteiger partial charge >= 0.3 is 0 Å². The van der Waals surface area contributed by atoms with Crippen molar-refractivity contribution in [2.45, 2.75) is 13.8 Å². The summed E-state index contributed by atoms with van der Waals surface area (Å²) in [6.07, 6.45) is 0. The maximum absolute atomic E-state index is 6.60. The summed E-state index contributed by atoms with van der Waals surface area (Å²) < 4.78 is 13.2. The molecule has 0 saturated carbocycles. The van der Waals surface area contributed by atoms with Crippen LogP contribution in [0.25, 0.3) is 87.7 Å². The van der Waals surface area contributed by atoms with Crippen LogP contribution in [0.4, 0.5) is 34.1 Å². The molecule has 0 atom stereocenters. The number of rotatable bonds is 6. The number of hydrogen-bond acceptors (Lipinski definition) is 4. The SMILES string of the molecule is Cc1ccccc1N(c1ccc2cc3c(cc2c1)-c1cc2ccc(N(c4ccccc4C)c4cccc5c4oc4ccccc45)cc2cc1-3)c1cccc2c1oc1ccccc12. The zero-order valence-corrected chi connectivity index (χ0v) is 34.2. The lowest BCUT2D eigenvalue weighted by Crippen LogP contribution is -2.11. The molecular formula is C58H38N2O2. The third kappa shape index (κ3) is 5.13. The minimum absolute atomic E-state index is 0.881. The quantitative estimate of drug-likeness (QED) is 0.168. The maximum Gasteiger partial charge on any atom is 0.159 e. The molecule has 1 aliphatic carbocycles. The van der Waals surface area contributed by atoms with Crippen LogP contribution in [-0.2, 0) is 0 Å². The molecule has 13 rings (SSSR count). The van der Waals surface area contributed by atoms with E-state index in [0.717, 1.165) is 78.0 Å². The van der Waals surface area contributed by atoms with Gasteiger partial charge in [0.05, 0.1) is 11.4 Å². The van der Waals surface area contributed by atoms with Crippen molar-refractivity contribution in [2.24, 2.45) is 0 Å². The lowest BCUT2D eigenvalue weighted by molar-refractivity contribution is 0.668. The number of nitrogens with zero attached hydrogens (tertiary/aromatic N) is 2. The van der Waals surface area contributed by atoms with Crippen molar-refractivity contribution in [2.75, 3.05) is 9.80 Å². The van der Waals surface area contributed by atoms with Crippen LogP contribution in [-0.4, -0.2) is 0 Å². The van der Waals surface area contributed by atoms with E-state index < -0.39 is 0 Å². The van der Waals surface area contributed by atoms with Crippen molar-refractivity contribution in [3.8, 4) is 22.3 Å². The van der Waals surface area contributed by atoms with Gasteiger partial charge in [0.25, 0.3) is 0 Å². The van der Waals surface area contributed by atoms with Gasteiger partial charge in [0.1, 0.15) is 11.2 Å². The molecule has 10 aromatic carbocycles. The molecule has 0 bridgehead atoms. The van der Waals surface area contributed by atoms with E-state index in [9.17, 15) is 0 Å². The van der Waals surface area contributed by atoms with Crippen molar-refractivity contribution in [1.29, 1.82) is 0 Å². The molecule has 0 N–H and O–H groups in total. The molecule has 0 spiro atoms. The molecule has 4 nitrogen and oxygen atoms in total. The fourth-order valence-corrected chi connectivity index (χ4v) is 9.94. The van der Waals surface area contributed by atoms with Gasteiger partial charge < -0.3 is 18.6 Å². The van der Waals surface area contributed by atoms with Crippen molar-refractivity contribution >= 4 is 99.5 Å². The minimum atomic E-state index is 0.881. The summed E-state index contributed by atoms with van der Waals surface area (Å²) >= 11 is 0. The van der Waals surface area contributed by atoms with Crippen molar-refractivity contribution in [3.05, 3.63) is 205 Å². The number of aryl methyl sites for hydroxylation is 2. The Labute approximate surface area is 358 Å². The summed E-state index contributed by atoms with van der Waals surface area (Å²) in [5.74, 6) is 0. The van der Waals surface area contributed by atoms with E-state index in [0.29, 0.717) is 0 Å². The number of hydrogen-bond donors (Lipinski definition) is 0. The molecule has 2 heterocycles. The highest BCUT2D eigenvalue weighted by molar-refractivity contribution is 6.15. The van der Waals surface area contributed by atoms with Crippen LogP contribution < -0.4 is 9.80 Å². The Kier molecular flexibility index (Phi) is 7.40. The minimum Gasteiger partial charge on any atom is -0.454 e. The second-order valence-electron chi connectivity index (χ2n) is 16.6.